The molecule has 1 amide bonds. The van der Waals surface area contributed by atoms with Gasteiger partial charge in [0, 0.05) is 19.2 Å². The SMILES string of the molecule is CCCN(CC1CC1)C(=O)CN(c1cccc(OC)c1)S(=O)(=O)c1ccc(C(C)(C)C)cc1. The number of benzene rings is 2. The summed E-state index contributed by atoms with van der Waals surface area (Å²) in [5, 5.41) is 0. The first kappa shape index (κ1) is 25.1. The lowest BCUT2D eigenvalue weighted by Crippen LogP contribution is -2.44. The number of hydrogen-bond acceptors (Lipinski definition) is 4. The first-order valence-corrected chi connectivity index (χ1v) is 13.1. The largest absolute Gasteiger partial charge is 0.497 e. The van der Waals surface area contributed by atoms with Crippen LogP contribution in [-0.4, -0.2) is 46.0 Å². The molecule has 0 radical (unpaired) electrons. The third kappa shape index (κ3) is 6.28. The third-order valence-corrected chi connectivity index (χ3v) is 7.74. The number of amides is 1. The fourth-order valence-electron chi connectivity index (χ4n) is 3.76. The normalized spacial score (nSPS) is 14.1. The Labute approximate surface area is 198 Å². The first-order valence-electron chi connectivity index (χ1n) is 11.6. The van der Waals surface area contributed by atoms with Gasteiger partial charge in [0.2, 0.25) is 5.91 Å². The number of carbonyl (C=O) groups excluding carboxylic acids is 1. The van der Waals surface area contributed by atoms with Crippen LogP contribution in [0.5, 0.6) is 5.75 Å². The summed E-state index contributed by atoms with van der Waals surface area (Å²) in [5.74, 6) is 0.889. The van der Waals surface area contributed by atoms with Gasteiger partial charge in [0.15, 0.2) is 0 Å². The molecule has 1 aliphatic rings. The van der Waals surface area contributed by atoms with Crippen LogP contribution in [0.25, 0.3) is 0 Å². The summed E-state index contributed by atoms with van der Waals surface area (Å²) >= 11 is 0. The van der Waals surface area contributed by atoms with Crippen LogP contribution in [0.1, 0.15) is 52.5 Å². The zero-order valence-electron chi connectivity index (χ0n) is 20.4. The molecule has 2 aromatic carbocycles. The molecular weight excluding hydrogens is 436 g/mol. The van der Waals surface area contributed by atoms with Gasteiger partial charge in [-0.15, -0.1) is 0 Å². The Balaban J connectivity index is 1.97. The van der Waals surface area contributed by atoms with Crippen molar-refractivity contribution in [3.8, 4) is 5.75 Å². The maximum Gasteiger partial charge on any atom is 0.264 e. The average molecular weight is 473 g/mol. The van der Waals surface area contributed by atoms with Crippen molar-refractivity contribution in [1.29, 1.82) is 0 Å². The number of nitrogens with zero attached hydrogens (tertiary/aromatic N) is 2. The van der Waals surface area contributed by atoms with Crippen LogP contribution in [0, 0.1) is 5.92 Å². The molecule has 1 fully saturated rings. The van der Waals surface area contributed by atoms with E-state index < -0.39 is 10.0 Å². The zero-order valence-corrected chi connectivity index (χ0v) is 21.2. The van der Waals surface area contributed by atoms with Crippen LogP contribution in [0.3, 0.4) is 0 Å². The highest BCUT2D eigenvalue weighted by Crippen LogP contribution is 2.31. The van der Waals surface area contributed by atoms with Crippen LogP contribution in [0.2, 0.25) is 0 Å². The van der Waals surface area contributed by atoms with E-state index in [1.54, 1.807) is 36.4 Å². The Morgan fingerprint density at radius 3 is 2.30 bits per heavy atom. The van der Waals surface area contributed by atoms with Gasteiger partial charge < -0.3 is 9.64 Å². The van der Waals surface area contributed by atoms with E-state index in [1.165, 1.54) is 11.4 Å². The molecule has 0 N–H and O–H groups in total. The quantitative estimate of drug-likeness (QED) is 0.496. The summed E-state index contributed by atoms with van der Waals surface area (Å²) in [4.78, 5) is 15.3. The van der Waals surface area contributed by atoms with Crippen LogP contribution in [0.15, 0.2) is 53.4 Å². The van der Waals surface area contributed by atoms with E-state index in [9.17, 15) is 13.2 Å². The minimum atomic E-state index is -3.97. The molecule has 0 heterocycles. The maximum absolute atomic E-state index is 13.8. The standard InChI is InChI=1S/C26H36N2O4S/c1-6-16-27(18-20-10-11-20)25(29)19-28(22-8-7-9-23(17-22)32-5)33(30,31)24-14-12-21(13-15-24)26(2,3)4/h7-9,12-15,17,20H,6,10-11,16,18-19H2,1-5H3. The van der Waals surface area contributed by atoms with E-state index in [1.807, 2.05) is 24.0 Å². The van der Waals surface area contributed by atoms with Crippen LogP contribution in [0.4, 0.5) is 5.69 Å². The average Bonchev–Trinajstić information content (AvgIpc) is 3.60. The Kier molecular flexibility index (Phi) is 7.73. The molecule has 2 aromatic rings. The predicted molar refractivity (Wildman–Crippen MR) is 132 cm³/mol. The third-order valence-electron chi connectivity index (χ3n) is 5.95. The fraction of sp³-hybridized carbons (Fsp3) is 0.500. The Hall–Kier alpha value is -2.54. The molecule has 0 aromatic heterocycles. The van der Waals surface area contributed by atoms with E-state index in [2.05, 4.69) is 20.8 Å². The lowest BCUT2D eigenvalue weighted by Gasteiger charge is -2.29. The molecule has 0 spiro atoms. The van der Waals surface area contributed by atoms with E-state index >= 15 is 0 Å². The summed E-state index contributed by atoms with van der Waals surface area (Å²) in [6.45, 7) is 9.35. The van der Waals surface area contributed by atoms with Gasteiger partial charge in [0.1, 0.15) is 12.3 Å². The molecule has 6 nitrogen and oxygen atoms in total. The van der Waals surface area contributed by atoms with Crippen molar-refractivity contribution in [2.75, 3.05) is 31.0 Å². The number of carbonyl (C=O) groups is 1. The molecule has 33 heavy (non-hydrogen) atoms. The number of hydrogen-bond donors (Lipinski definition) is 0. The van der Waals surface area contributed by atoms with E-state index in [-0.39, 0.29) is 22.8 Å². The number of rotatable bonds is 10. The van der Waals surface area contributed by atoms with E-state index in [0.717, 1.165) is 24.8 Å². The fourth-order valence-corrected chi connectivity index (χ4v) is 5.16. The Morgan fingerprint density at radius 1 is 1.09 bits per heavy atom. The van der Waals surface area contributed by atoms with Crippen molar-refractivity contribution in [2.45, 2.75) is 57.3 Å². The first-order chi connectivity index (χ1) is 15.6. The van der Waals surface area contributed by atoms with Crippen molar-refractivity contribution in [3.05, 3.63) is 54.1 Å². The number of sulfonamides is 1. The molecule has 3 rings (SSSR count). The smallest absolute Gasteiger partial charge is 0.264 e. The van der Waals surface area contributed by atoms with Crippen molar-refractivity contribution >= 4 is 21.6 Å². The van der Waals surface area contributed by atoms with Gasteiger partial charge in [-0.25, -0.2) is 8.42 Å². The van der Waals surface area contributed by atoms with Gasteiger partial charge >= 0.3 is 0 Å². The summed E-state index contributed by atoms with van der Waals surface area (Å²) in [6, 6.07) is 13.8. The zero-order chi connectivity index (χ0) is 24.2. The number of ether oxygens (including phenoxy) is 1. The minimum absolute atomic E-state index is 0.0891. The summed E-state index contributed by atoms with van der Waals surface area (Å²) in [5.41, 5.74) is 1.36. The molecule has 180 valence electrons. The molecule has 1 aliphatic carbocycles. The molecule has 7 heteroatoms. The number of anilines is 1. The Morgan fingerprint density at radius 2 is 1.76 bits per heavy atom. The topological polar surface area (TPSA) is 66.9 Å². The van der Waals surface area contributed by atoms with Crippen molar-refractivity contribution < 1.29 is 17.9 Å². The second-order valence-electron chi connectivity index (χ2n) is 9.77. The van der Waals surface area contributed by atoms with E-state index in [4.69, 9.17) is 4.74 Å². The summed E-state index contributed by atoms with van der Waals surface area (Å²) in [7, 11) is -2.43. The highest BCUT2D eigenvalue weighted by molar-refractivity contribution is 7.92. The second-order valence-corrected chi connectivity index (χ2v) is 11.6. The monoisotopic (exact) mass is 472 g/mol. The van der Waals surface area contributed by atoms with Gasteiger partial charge in [-0.3, -0.25) is 9.10 Å². The highest BCUT2D eigenvalue weighted by atomic mass is 32.2. The molecule has 1 saturated carbocycles. The maximum atomic E-state index is 13.8. The van der Waals surface area contributed by atoms with Gasteiger partial charge in [-0.05, 0) is 60.4 Å². The minimum Gasteiger partial charge on any atom is -0.497 e. The van der Waals surface area contributed by atoms with Crippen LogP contribution in [-0.2, 0) is 20.2 Å². The highest BCUT2D eigenvalue weighted by Gasteiger charge is 2.32. The van der Waals surface area contributed by atoms with Crippen LogP contribution >= 0.6 is 0 Å². The molecule has 0 atom stereocenters. The second kappa shape index (κ2) is 10.2. The lowest BCUT2D eigenvalue weighted by atomic mass is 9.87. The predicted octanol–water partition coefficient (Wildman–Crippen LogP) is 4.84. The van der Waals surface area contributed by atoms with Crippen molar-refractivity contribution in [2.24, 2.45) is 5.92 Å². The molecule has 0 bridgehead atoms. The molecular formula is C26H36N2O4S. The molecule has 0 unspecified atom stereocenters. The summed E-state index contributed by atoms with van der Waals surface area (Å²) < 4.78 is 34.0. The van der Waals surface area contributed by atoms with Gasteiger partial charge in [-0.2, -0.15) is 0 Å². The van der Waals surface area contributed by atoms with Crippen molar-refractivity contribution in [1.82, 2.24) is 4.90 Å². The Bertz CT molecular complexity index is 1050. The van der Waals surface area contributed by atoms with E-state index in [0.29, 0.717) is 30.4 Å². The van der Waals surface area contributed by atoms with Gasteiger partial charge in [0.25, 0.3) is 10.0 Å². The van der Waals surface area contributed by atoms with Gasteiger partial charge in [-0.1, -0.05) is 45.9 Å². The van der Waals surface area contributed by atoms with Crippen molar-refractivity contribution in [3.63, 3.8) is 0 Å². The molecule has 0 aliphatic heterocycles. The van der Waals surface area contributed by atoms with Gasteiger partial charge in [0.05, 0.1) is 17.7 Å². The lowest BCUT2D eigenvalue weighted by molar-refractivity contribution is -0.129. The van der Waals surface area contributed by atoms with Crippen LogP contribution < -0.4 is 9.04 Å². The molecule has 0 saturated heterocycles. The number of methoxy groups -OCH3 is 1. The summed E-state index contributed by atoms with van der Waals surface area (Å²) in [6.07, 6.45) is 3.09.